The average Bonchev–Trinajstić information content (AvgIpc) is 2.85. The summed E-state index contributed by atoms with van der Waals surface area (Å²) < 4.78 is 5.11. The van der Waals surface area contributed by atoms with Gasteiger partial charge in [-0.25, -0.2) is 4.79 Å². The molecule has 1 amide bonds. The molecule has 1 aromatic rings. The molecule has 1 aliphatic rings. The second-order valence-electron chi connectivity index (χ2n) is 4.02. The predicted molar refractivity (Wildman–Crippen MR) is 66.0 cm³/mol. The minimum Gasteiger partial charge on any atom is -0.478 e. The van der Waals surface area contributed by atoms with Crippen LogP contribution in [0.5, 0.6) is 0 Å². The van der Waals surface area contributed by atoms with E-state index in [9.17, 15) is 9.59 Å². The normalized spacial score (nSPS) is 18.6. The van der Waals surface area contributed by atoms with Crippen LogP contribution in [0.2, 0.25) is 5.02 Å². The van der Waals surface area contributed by atoms with Gasteiger partial charge in [0.05, 0.1) is 28.8 Å². The maximum Gasteiger partial charge on any atom is 0.337 e. The first-order chi connectivity index (χ1) is 8.59. The van der Waals surface area contributed by atoms with E-state index < -0.39 is 5.97 Å². The predicted octanol–water partition coefficient (Wildman–Crippen LogP) is 2.01. The smallest absolute Gasteiger partial charge is 0.337 e. The number of benzene rings is 1. The number of aromatic carboxylic acids is 1. The van der Waals surface area contributed by atoms with Gasteiger partial charge in [0.25, 0.3) is 0 Å². The Labute approximate surface area is 109 Å². The first kappa shape index (κ1) is 12.9. The van der Waals surface area contributed by atoms with Crippen molar-refractivity contribution in [3.63, 3.8) is 0 Å². The zero-order valence-electron chi connectivity index (χ0n) is 9.48. The van der Waals surface area contributed by atoms with Gasteiger partial charge in [0, 0.05) is 6.61 Å². The highest BCUT2D eigenvalue weighted by Crippen LogP contribution is 2.27. The number of carboxylic acid groups (broad SMARTS) is 1. The van der Waals surface area contributed by atoms with Crippen molar-refractivity contribution in [2.45, 2.75) is 6.42 Å². The van der Waals surface area contributed by atoms with E-state index in [1.54, 1.807) is 0 Å². The largest absolute Gasteiger partial charge is 0.478 e. The number of rotatable bonds is 3. The van der Waals surface area contributed by atoms with Crippen LogP contribution in [0.1, 0.15) is 16.8 Å². The summed E-state index contributed by atoms with van der Waals surface area (Å²) in [6.07, 6.45) is 0.638. The zero-order valence-corrected chi connectivity index (χ0v) is 10.2. The first-order valence-electron chi connectivity index (χ1n) is 5.50. The van der Waals surface area contributed by atoms with Crippen molar-refractivity contribution in [1.29, 1.82) is 0 Å². The number of amides is 1. The van der Waals surface area contributed by atoms with Gasteiger partial charge in [-0.1, -0.05) is 17.7 Å². The van der Waals surface area contributed by atoms with Crippen LogP contribution in [0.4, 0.5) is 5.69 Å². The maximum absolute atomic E-state index is 11.9. The van der Waals surface area contributed by atoms with E-state index in [-0.39, 0.29) is 28.1 Å². The Morgan fingerprint density at radius 3 is 2.83 bits per heavy atom. The van der Waals surface area contributed by atoms with Crippen LogP contribution in [0, 0.1) is 5.92 Å². The fourth-order valence-electron chi connectivity index (χ4n) is 1.80. The molecular formula is C12H12ClNO4. The number of anilines is 1. The lowest BCUT2D eigenvalue weighted by Crippen LogP contribution is -2.24. The molecule has 96 valence electrons. The van der Waals surface area contributed by atoms with Gasteiger partial charge in [-0.15, -0.1) is 0 Å². The highest BCUT2D eigenvalue weighted by atomic mass is 35.5. The van der Waals surface area contributed by atoms with Gasteiger partial charge in [-0.2, -0.15) is 0 Å². The molecule has 0 aromatic heterocycles. The second-order valence-corrected chi connectivity index (χ2v) is 4.42. The molecule has 18 heavy (non-hydrogen) atoms. The molecule has 1 aromatic carbocycles. The highest BCUT2D eigenvalue weighted by molar-refractivity contribution is 6.34. The van der Waals surface area contributed by atoms with Gasteiger partial charge in [0.1, 0.15) is 0 Å². The molecule has 5 nitrogen and oxygen atoms in total. The van der Waals surface area contributed by atoms with Crippen LogP contribution in [-0.2, 0) is 9.53 Å². The number of ether oxygens (including phenoxy) is 1. The summed E-state index contributed by atoms with van der Waals surface area (Å²) in [7, 11) is 0. The maximum atomic E-state index is 11.9. The van der Waals surface area contributed by atoms with E-state index >= 15 is 0 Å². The number of halogens is 1. The quantitative estimate of drug-likeness (QED) is 0.880. The van der Waals surface area contributed by atoms with Gasteiger partial charge in [-0.3, -0.25) is 4.79 Å². The monoisotopic (exact) mass is 269 g/mol. The molecule has 2 rings (SSSR count). The Morgan fingerprint density at radius 1 is 1.44 bits per heavy atom. The van der Waals surface area contributed by atoms with Gasteiger partial charge in [0.15, 0.2) is 0 Å². The lowest BCUT2D eigenvalue weighted by atomic mass is 10.1. The van der Waals surface area contributed by atoms with E-state index in [0.717, 1.165) is 0 Å². The van der Waals surface area contributed by atoms with Crippen LogP contribution in [0.3, 0.4) is 0 Å². The standard InChI is InChI=1S/C12H12ClNO4/c13-9-3-1-2-8(12(16)17)10(9)14-11(15)7-4-5-18-6-7/h1-3,7H,4-6H2,(H,14,15)(H,16,17). The molecule has 1 atom stereocenters. The number of nitrogens with one attached hydrogen (secondary N) is 1. The summed E-state index contributed by atoms with van der Waals surface area (Å²) in [6, 6.07) is 4.46. The van der Waals surface area contributed by atoms with Crippen LogP contribution in [0.15, 0.2) is 18.2 Å². The molecule has 1 aliphatic heterocycles. The summed E-state index contributed by atoms with van der Waals surface area (Å²) in [4.78, 5) is 22.9. The third kappa shape index (κ3) is 2.63. The Bertz CT molecular complexity index is 483. The number of carboxylic acids is 1. The summed E-state index contributed by atoms with van der Waals surface area (Å²) >= 11 is 5.91. The van der Waals surface area contributed by atoms with E-state index in [1.807, 2.05) is 0 Å². The van der Waals surface area contributed by atoms with Crippen LogP contribution in [-0.4, -0.2) is 30.2 Å². The lowest BCUT2D eigenvalue weighted by molar-refractivity contribution is -0.119. The van der Waals surface area contributed by atoms with Gasteiger partial charge >= 0.3 is 5.97 Å². The Morgan fingerprint density at radius 2 is 2.22 bits per heavy atom. The SMILES string of the molecule is O=C(O)c1cccc(Cl)c1NC(=O)C1CCOC1. The molecule has 1 unspecified atom stereocenters. The number of carbonyl (C=O) groups is 2. The van der Waals surface area contributed by atoms with Gasteiger partial charge < -0.3 is 15.2 Å². The van der Waals surface area contributed by atoms with E-state index in [4.69, 9.17) is 21.4 Å². The molecule has 0 spiro atoms. The van der Waals surface area contributed by atoms with Crippen LogP contribution < -0.4 is 5.32 Å². The fourth-order valence-corrected chi connectivity index (χ4v) is 2.02. The van der Waals surface area contributed by atoms with Crippen molar-refractivity contribution in [2.75, 3.05) is 18.5 Å². The molecule has 2 N–H and O–H groups in total. The molecule has 0 aliphatic carbocycles. The van der Waals surface area contributed by atoms with Crippen molar-refractivity contribution >= 4 is 29.2 Å². The summed E-state index contributed by atoms with van der Waals surface area (Å²) in [6.45, 7) is 0.908. The Balaban J connectivity index is 2.22. The number of hydrogen-bond donors (Lipinski definition) is 2. The summed E-state index contributed by atoms with van der Waals surface area (Å²) in [5, 5.41) is 11.8. The van der Waals surface area contributed by atoms with Crippen molar-refractivity contribution in [3.8, 4) is 0 Å². The van der Waals surface area contributed by atoms with Crippen molar-refractivity contribution in [1.82, 2.24) is 0 Å². The minimum atomic E-state index is -1.13. The van der Waals surface area contributed by atoms with Gasteiger partial charge in [-0.05, 0) is 18.6 Å². The molecule has 0 radical (unpaired) electrons. The minimum absolute atomic E-state index is 0.0187. The third-order valence-electron chi connectivity index (χ3n) is 2.79. The molecule has 6 heteroatoms. The van der Waals surface area contributed by atoms with Crippen molar-refractivity contribution in [3.05, 3.63) is 28.8 Å². The average molecular weight is 270 g/mol. The lowest BCUT2D eigenvalue weighted by Gasteiger charge is -2.12. The molecule has 0 saturated carbocycles. The highest BCUT2D eigenvalue weighted by Gasteiger charge is 2.25. The number of para-hydroxylation sites is 1. The van der Waals surface area contributed by atoms with E-state index in [0.29, 0.717) is 19.6 Å². The van der Waals surface area contributed by atoms with Crippen molar-refractivity contribution < 1.29 is 19.4 Å². The fraction of sp³-hybridized carbons (Fsp3) is 0.333. The molecule has 0 bridgehead atoms. The molecule has 1 fully saturated rings. The molecular weight excluding hydrogens is 258 g/mol. The van der Waals surface area contributed by atoms with Gasteiger partial charge in [0.2, 0.25) is 5.91 Å². The summed E-state index contributed by atoms with van der Waals surface area (Å²) in [5.41, 5.74) is 0.123. The van der Waals surface area contributed by atoms with Crippen LogP contribution >= 0.6 is 11.6 Å². The topological polar surface area (TPSA) is 75.6 Å². The first-order valence-corrected chi connectivity index (χ1v) is 5.88. The molecule has 1 heterocycles. The van der Waals surface area contributed by atoms with Crippen molar-refractivity contribution in [2.24, 2.45) is 5.92 Å². The Hall–Kier alpha value is -1.59. The van der Waals surface area contributed by atoms with E-state index in [2.05, 4.69) is 5.32 Å². The number of hydrogen-bond acceptors (Lipinski definition) is 3. The zero-order chi connectivity index (χ0) is 13.1. The second kappa shape index (κ2) is 5.37. The van der Waals surface area contributed by atoms with E-state index in [1.165, 1.54) is 18.2 Å². The number of carbonyl (C=O) groups excluding carboxylic acids is 1. The summed E-state index contributed by atoms with van der Waals surface area (Å²) in [5.74, 6) is -1.64. The Kier molecular flexibility index (Phi) is 3.84. The third-order valence-corrected chi connectivity index (χ3v) is 3.11. The van der Waals surface area contributed by atoms with Crippen LogP contribution in [0.25, 0.3) is 0 Å². The molecule has 1 saturated heterocycles.